The van der Waals surface area contributed by atoms with Gasteiger partial charge in [-0.1, -0.05) is 68.4 Å². The van der Waals surface area contributed by atoms with Gasteiger partial charge in [-0.3, -0.25) is 0 Å². The molecule has 23 heavy (non-hydrogen) atoms. The molecule has 0 saturated heterocycles. The van der Waals surface area contributed by atoms with Crippen LogP contribution < -0.4 is 11.5 Å². The summed E-state index contributed by atoms with van der Waals surface area (Å²) in [7, 11) is 0. The van der Waals surface area contributed by atoms with Crippen molar-refractivity contribution in [3.05, 3.63) is 84.4 Å². The Labute approximate surface area is 138 Å². The minimum Gasteiger partial charge on any atom is -0.399 e. The molecular weight excluding hydrogens is 280 g/mol. The number of hydrogen-bond acceptors (Lipinski definition) is 2. The Kier molecular flexibility index (Phi) is 5.81. The molecule has 3 aromatic rings. The van der Waals surface area contributed by atoms with Gasteiger partial charge in [0.05, 0.1) is 0 Å². The van der Waals surface area contributed by atoms with E-state index in [0.717, 1.165) is 22.5 Å². The molecule has 2 nitrogen and oxygen atoms in total. The van der Waals surface area contributed by atoms with Crippen molar-refractivity contribution < 1.29 is 0 Å². The first-order valence-corrected chi connectivity index (χ1v) is 7.82. The lowest BCUT2D eigenvalue weighted by molar-refractivity contribution is 0.867. The second-order valence-electron chi connectivity index (χ2n) is 5.81. The molecule has 118 valence electrons. The molecule has 2 heteroatoms. The zero-order valence-corrected chi connectivity index (χ0v) is 13.7. The monoisotopic (exact) mass is 304 g/mol. The quantitative estimate of drug-likeness (QED) is 0.629. The number of benzene rings is 3. The van der Waals surface area contributed by atoms with Crippen LogP contribution in [0, 0.1) is 0 Å². The van der Waals surface area contributed by atoms with Crippen LogP contribution in [-0.4, -0.2) is 0 Å². The highest BCUT2D eigenvalue weighted by molar-refractivity contribution is 5.67. The van der Waals surface area contributed by atoms with E-state index >= 15 is 0 Å². The maximum atomic E-state index is 5.61. The summed E-state index contributed by atoms with van der Waals surface area (Å²) in [6.45, 7) is 4.41. The van der Waals surface area contributed by atoms with Crippen LogP contribution in [0.25, 0.3) is 11.1 Å². The van der Waals surface area contributed by atoms with Crippen LogP contribution in [0.1, 0.15) is 25.3 Å². The molecule has 0 aliphatic carbocycles. The zero-order valence-electron chi connectivity index (χ0n) is 13.7. The molecule has 0 unspecified atom stereocenters. The van der Waals surface area contributed by atoms with E-state index in [9.17, 15) is 0 Å². The predicted molar refractivity (Wildman–Crippen MR) is 101 cm³/mol. The highest BCUT2D eigenvalue weighted by Gasteiger charge is 1.96. The molecule has 0 saturated carbocycles. The molecule has 0 fully saturated rings. The number of nitrogens with two attached hydrogens (primary N) is 2. The van der Waals surface area contributed by atoms with Crippen molar-refractivity contribution >= 4 is 11.4 Å². The molecular formula is C21H24N2. The van der Waals surface area contributed by atoms with Gasteiger partial charge in [0.2, 0.25) is 0 Å². The first kappa shape index (κ1) is 16.6. The van der Waals surface area contributed by atoms with Crippen molar-refractivity contribution in [2.75, 3.05) is 11.5 Å². The van der Waals surface area contributed by atoms with Gasteiger partial charge in [0.15, 0.2) is 0 Å². The maximum absolute atomic E-state index is 5.61. The van der Waals surface area contributed by atoms with Gasteiger partial charge in [0.1, 0.15) is 0 Å². The lowest BCUT2D eigenvalue weighted by Crippen LogP contribution is -1.85. The summed E-state index contributed by atoms with van der Waals surface area (Å²) in [4.78, 5) is 0. The zero-order chi connectivity index (χ0) is 16.7. The van der Waals surface area contributed by atoms with Crippen LogP contribution in [0.4, 0.5) is 11.4 Å². The summed E-state index contributed by atoms with van der Waals surface area (Å²) < 4.78 is 0. The van der Waals surface area contributed by atoms with E-state index < -0.39 is 0 Å². The van der Waals surface area contributed by atoms with Crippen molar-refractivity contribution in [1.29, 1.82) is 0 Å². The molecule has 0 bridgehead atoms. The van der Waals surface area contributed by atoms with Crippen LogP contribution in [-0.2, 0) is 0 Å². The Bertz CT molecular complexity index is 656. The SMILES string of the molecule is CC(C)c1ccccc1.Nc1ccc(-c2ccc(N)cc2)cc1. The van der Waals surface area contributed by atoms with Gasteiger partial charge in [0, 0.05) is 11.4 Å². The molecule has 0 spiro atoms. The molecule has 0 amide bonds. The summed E-state index contributed by atoms with van der Waals surface area (Å²) in [5.74, 6) is 0.659. The van der Waals surface area contributed by atoms with Gasteiger partial charge in [-0.05, 0) is 46.9 Å². The fraction of sp³-hybridized carbons (Fsp3) is 0.143. The van der Waals surface area contributed by atoms with E-state index in [2.05, 4.69) is 38.1 Å². The maximum Gasteiger partial charge on any atom is 0.0314 e. The smallest absolute Gasteiger partial charge is 0.0314 e. The van der Waals surface area contributed by atoms with E-state index in [-0.39, 0.29) is 0 Å². The van der Waals surface area contributed by atoms with Crippen LogP contribution in [0.3, 0.4) is 0 Å². The van der Waals surface area contributed by atoms with Gasteiger partial charge < -0.3 is 11.5 Å². The third-order valence-electron chi connectivity index (χ3n) is 3.62. The average Bonchev–Trinajstić information content (AvgIpc) is 2.58. The fourth-order valence-electron chi connectivity index (χ4n) is 2.19. The van der Waals surface area contributed by atoms with Crippen molar-refractivity contribution in [2.45, 2.75) is 19.8 Å². The number of rotatable bonds is 2. The predicted octanol–water partition coefficient (Wildman–Crippen LogP) is 5.33. The lowest BCUT2D eigenvalue weighted by Gasteiger charge is -2.02. The van der Waals surface area contributed by atoms with E-state index in [0.29, 0.717) is 5.92 Å². The first-order valence-electron chi connectivity index (χ1n) is 7.82. The average molecular weight is 304 g/mol. The Hall–Kier alpha value is -2.74. The molecule has 3 aromatic carbocycles. The molecule has 0 aromatic heterocycles. The van der Waals surface area contributed by atoms with Gasteiger partial charge in [-0.25, -0.2) is 0 Å². The molecule has 0 aliphatic rings. The summed E-state index contributed by atoms with van der Waals surface area (Å²) in [5.41, 5.74) is 16.5. The fourth-order valence-corrected chi connectivity index (χ4v) is 2.19. The summed E-state index contributed by atoms with van der Waals surface area (Å²) in [6.07, 6.45) is 0. The Balaban J connectivity index is 0.000000185. The molecule has 3 rings (SSSR count). The highest BCUT2D eigenvalue weighted by atomic mass is 14.5. The van der Waals surface area contributed by atoms with Crippen molar-refractivity contribution in [3.8, 4) is 11.1 Å². The van der Waals surface area contributed by atoms with Gasteiger partial charge in [0.25, 0.3) is 0 Å². The first-order chi connectivity index (χ1) is 11.1. The molecule has 0 aliphatic heterocycles. The van der Waals surface area contributed by atoms with Crippen molar-refractivity contribution in [3.63, 3.8) is 0 Å². The summed E-state index contributed by atoms with van der Waals surface area (Å²) in [6, 6.07) is 26.1. The number of hydrogen-bond donors (Lipinski definition) is 2. The summed E-state index contributed by atoms with van der Waals surface area (Å²) >= 11 is 0. The largest absolute Gasteiger partial charge is 0.399 e. The van der Waals surface area contributed by atoms with Crippen molar-refractivity contribution in [2.24, 2.45) is 0 Å². The standard InChI is InChI=1S/C12H12N2.C9H12/c13-11-5-1-9(2-6-11)10-3-7-12(14)8-4-10;1-8(2)9-6-4-3-5-7-9/h1-8H,13-14H2;3-8H,1-2H3. The molecule has 0 heterocycles. The third-order valence-corrected chi connectivity index (χ3v) is 3.62. The minimum atomic E-state index is 0.659. The Morgan fingerprint density at radius 1 is 0.565 bits per heavy atom. The van der Waals surface area contributed by atoms with Crippen LogP contribution in [0.15, 0.2) is 78.9 Å². The topological polar surface area (TPSA) is 52.0 Å². The van der Waals surface area contributed by atoms with Crippen LogP contribution >= 0.6 is 0 Å². The van der Waals surface area contributed by atoms with Crippen LogP contribution in [0.5, 0.6) is 0 Å². The van der Waals surface area contributed by atoms with E-state index in [1.54, 1.807) is 0 Å². The van der Waals surface area contributed by atoms with Crippen LogP contribution in [0.2, 0.25) is 0 Å². The van der Waals surface area contributed by atoms with Gasteiger partial charge >= 0.3 is 0 Å². The molecule has 0 atom stereocenters. The summed E-state index contributed by atoms with van der Waals surface area (Å²) in [5, 5.41) is 0. The second-order valence-corrected chi connectivity index (χ2v) is 5.81. The van der Waals surface area contributed by atoms with Crippen molar-refractivity contribution in [1.82, 2.24) is 0 Å². The Morgan fingerprint density at radius 2 is 0.957 bits per heavy atom. The number of nitrogen functional groups attached to an aromatic ring is 2. The van der Waals surface area contributed by atoms with E-state index in [1.165, 1.54) is 5.56 Å². The third kappa shape index (κ3) is 5.19. The number of anilines is 2. The highest BCUT2D eigenvalue weighted by Crippen LogP contribution is 2.21. The van der Waals surface area contributed by atoms with Gasteiger partial charge in [-0.2, -0.15) is 0 Å². The minimum absolute atomic E-state index is 0.659. The van der Waals surface area contributed by atoms with E-state index in [4.69, 9.17) is 11.5 Å². The normalized spacial score (nSPS) is 10.0. The lowest BCUT2D eigenvalue weighted by atomic mass is 10.0. The Morgan fingerprint density at radius 3 is 1.26 bits per heavy atom. The van der Waals surface area contributed by atoms with E-state index in [1.807, 2.05) is 54.6 Å². The second kappa shape index (κ2) is 8.04. The molecule has 4 N–H and O–H groups in total. The molecule has 0 radical (unpaired) electrons. The van der Waals surface area contributed by atoms with Gasteiger partial charge in [-0.15, -0.1) is 0 Å².